The van der Waals surface area contributed by atoms with Crippen molar-refractivity contribution in [3.8, 4) is 0 Å². The molecule has 0 spiro atoms. The van der Waals surface area contributed by atoms with Gasteiger partial charge in [0.2, 0.25) is 0 Å². The van der Waals surface area contributed by atoms with Crippen molar-refractivity contribution in [3.05, 3.63) is 117 Å². The van der Waals surface area contributed by atoms with Crippen LogP contribution in [0, 0.1) is 24.0 Å². The van der Waals surface area contributed by atoms with E-state index >= 15 is 0 Å². The molecule has 0 N–H and O–H groups in total. The third kappa shape index (κ3) is 4.66. The van der Waals surface area contributed by atoms with Crippen molar-refractivity contribution in [1.29, 1.82) is 0 Å². The van der Waals surface area contributed by atoms with E-state index in [-0.39, 0.29) is 22.4 Å². The van der Waals surface area contributed by atoms with Crippen molar-refractivity contribution in [3.63, 3.8) is 0 Å². The highest BCUT2D eigenvalue weighted by atomic mass is 16.5. The third-order valence-electron chi connectivity index (χ3n) is 5.33. The number of carbonyl (C=O) groups excluding carboxylic acids is 2. The minimum absolute atomic E-state index is 0.105. The zero-order valence-corrected chi connectivity index (χ0v) is 18.7. The Kier molecular flexibility index (Phi) is 6.40. The Labute approximate surface area is 195 Å². The van der Waals surface area contributed by atoms with Gasteiger partial charge in [0.1, 0.15) is 17.8 Å². The summed E-state index contributed by atoms with van der Waals surface area (Å²) >= 11 is 0. The van der Waals surface area contributed by atoms with Gasteiger partial charge in [-0.2, -0.15) is 0 Å². The van der Waals surface area contributed by atoms with Gasteiger partial charge in [-0.05, 0) is 44.2 Å². The molecule has 0 saturated heterocycles. The predicted octanol–water partition coefficient (Wildman–Crippen LogP) is 4.23. The number of benzene rings is 3. The van der Waals surface area contributed by atoms with Crippen molar-refractivity contribution in [1.82, 2.24) is 4.73 Å². The first kappa shape index (κ1) is 22.7. The second kappa shape index (κ2) is 9.58. The number of para-hydroxylation sites is 2. The van der Waals surface area contributed by atoms with Crippen molar-refractivity contribution in [2.45, 2.75) is 27.1 Å². The van der Waals surface area contributed by atoms with Gasteiger partial charge in [0, 0.05) is 11.0 Å². The van der Waals surface area contributed by atoms with Gasteiger partial charge >= 0.3 is 11.9 Å². The number of esters is 2. The maximum absolute atomic E-state index is 13.1. The normalized spacial score (nSPS) is 10.8. The lowest BCUT2D eigenvalue weighted by molar-refractivity contribution is -0.479. The van der Waals surface area contributed by atoms with Gasteiger partial charge in [-0.25, -0.2) is 9.59 Å². The Morgan fingerprint density at radius 3 is 1.97 bits per heavy atom. The lowest BCUT2D eigenvalue weighted by Crippen LogP contribution is -2.30. The largest absolute Gasteiger partial charge is 0.805 e. The van der Waals surface area contributed by atoms with Crippen LogP contribution in [-0.2, 0) is 22.7 Å². The molecule has 0 bridgehead atoms. The number of aryl methyl sites for hydroxylation is 2. The summed E-state index contributed by atoms with van der Waals surface area (Å²) in [5.41, 5.74) is 2.36. The Bertz CT molecular complexity index is 1460. The molecule has 172 valence electrons. The molecule has 0 aliphatic carbocycles. The van der Waals surface area contributed by atoms with E-state index in [2.05, 4.69) is 0 Å². The lowest BCUT2D eigenvalue weighted by atomic mass is 10.1. The number of carbonyl (C=O) groups is 2. The van der Waals surface area contributed by atoms with E-state index in [1.165, 1.54) is 12.1 Å². The molecule has 4 aromatic rings. The van der Waals surface area contributed by atoms with Gasteiger partial charge < -0.3 is 19.4 Å². The van der Waals surface area contributed by atoms with E-state index in [9.17, 15) is 19.7 Å². The Hall–Kier alpha value is -4.46. The fraction of sp³-hybridized carbons (Fsp3) is 0.154. The summed E-state index contributed by atoms with van der Waals surface area (Å²) in [4.78, 5) is 38.1. The number of rotatable bonds is 6. The molecule has 0 unspecified atom stereocenters. The van der Waals surface area contributed by atoms with E-state index in [0.717, 1.165) is 11.1 Å². The van der Waals surface area contributed by atoms with Crippen LogP contribution >= 0.6 is 0 Å². The van der Waals surface area contributed by atoms with Gasteiger partial charge in [0.05, 0.1) is 15.6 Å². The molecule has 8 nitrogen and oxygen atoms in total. The van der Waals surface area contributed by atoms with Crippen LogP contribution in [0.4, 0.5) is 0 Å². The molecule has 3 aromatic carbocycles. The molecule has 0 atom stereocenters. The van der Waals surface area contributed by atoms with Crippen LogP contribution in [0.25, 0.3) is 11.0 Å². The second-order valence-electron chi connectivity index (χ2n) is 7.86. The average molecular weight is 458 g/mol. The maximum Gasteiger partial charge on any atom is 0.338 e. The summed E-state index contributed by atoms with van der Waals surface area (Å²) < 4.78 is 11.8. The molecule has 34 heavy (non-hydrogen) atoms. The van der Waals surface area contributed by atoms with E-state index < -0.39 is 25.2 Å². The van der Waals surface area contributed by atoms with Gasteiger partial charge in [-0.15, -0.1) is 0 Å². The number of ether oxygens (including phenoxy) is 2. The van der Waals surface area contributed by atoms with Gasteiger partial charge in [0.25, 0.3) is 11.2 Å². The molecule has 0 fully saturated rings. The van der Waals surface area contributed by atoms with Crippen LogP contribution in [0.15, 0.2) is 72.8 Å². The summed E-state index contributed by atoms with van der Waals surface area (Å²) in [5, 5.41) is 13.1. The monoisotopic (exact) mass is 458 g/mol. The second-order valence-corrected chi connectivity index (χ2v) is 7.86. The third-order valence-corrected chi connectivity index (χ3v) is 5.33. The fourth-order valence-electron chi connectivity index (χ4n) is 3.60. The first-order valence-electron chi connectivity index (χ1n) is 10.6. The average Bonchev–Trinajstić information content (AvgIpc) is 2.84. The first-order chi connectivity index (χ1) is 16.3. The molecule has 0 saturated carbocycles. The quantitative estimate of drug-likeness (QED) is 0.316. The Morgan fingerprint density at radius 2 is 1.38 bits per heavy atom. The number of fused-ring (bicyclic) bond motifs is 1. The zero-order chi connectivity index (χ0) is 24.2. The summed E-state index contributed by atoms with van der Waals surface area (Å²) in [6.45, 7) is 2.74. The van der Waals surface area contributed by atoms with Crippen LogP contribution in [0.3, 0.4) is 0 Å². The molecular weight excluding hydrogens is 436 g/mol. The van der Waals surface area contributed by atoms with Gasteiger partial charge in [-0.3, -0.25) is 0 Å². The van der Waals surface area contributed by atoms with E-state index in [1.54, 1.807) is 48.5 Å². The molecule has 0 aliphatic heterocycles. The molecule has 1 heterocycles. The van der Waals surface area contributed by atoms with Crippen LogP contribution in [-0.4, -0.2) is 16.7 Å². The van der Waals surface area contributed by atoms with Crippen molar-refractivity contribution >= 4 is 23.0 Å². The zero-order valence-electron chi connectivity index (χ0n) is 18.7. The Balaban J connectivity index is 1.66. The van der Waals surface area contributed by atoms with Crippen LogP contribution < -0.4 is 4.43 Å². The van der Waals surface area contributed by atoms with Crippen LogP contribution in [0.5, 0.6) is 0 Å². The highest BCUT2D eigenvalue weighted by molar-refractivity contribution is 5.90. The van der Waals surface area contributed by atoms with Gasteiger partial charge in [-0.1, -0.05) is 47.5 Å². The summed E-state index contributed by atoms with van der Waals surface area (Å²) in [6, 6.07) is 19.9. The fourth-order valence-corrected chi connectivity index (χ4v) is 3.60. The number of hydrogen-bond donors (Lipinski definition) is 0. The van der Waals surface area contributed by atoms with Gasteiger partial charge in [0.15, 0.2) is 6.61 Å². The first-order valence-corrected chi connectivity index (χ1v) is 10.6. The molecular formula is C26H22N2O6. The molecule has 1 aromatic heterocycles. The Morgan fingerprint density at radius 1 is 0.824 bits per heavy atom. The molecule has 0 aliphatic rings. The topological polar surface area (TPSA) is 104 Å². The minimum atomic E-state index is -0.642. The predicted molar refractivity (Wildman–Crippen MR) is 125 cm³/mol. The lowest BCUT2D eigenvalue weighted by Gasteiger charge is -2.19. The standard InChI is InChI=1S/C26H22N2O6/c1-17-7-5-9-19(13-17)25(29)33-15-23-24(16-34-26(30)20-10-6-8-18(2)14-20)28(32)22-12-4-3-11-21(22)27(23)31/h3-14H,15-16H2,1-2H3. The van der Waals surface area contributed by atoms with Crippen LogP contribution in [0.1, 0.15) is 43.2 Å². The van der Waals surface area contributed by atoms with Crippen molar-refractivity contribution < 1.29 is 23.5 Å². The smallest absolute Gasteiger partial charge is 0.338 e. The van der Waals surface area contributed by atoms with E-state index in [1.807, 2.05) is 26.0 Å². The highest BCUT2D eigenvalue weighted by Crippen LogP contribution is 2.18. The van der Waals surface area contributed by atoms with Crippen molar-refractivity contribution in [2.75, 3.05) is 0 Å². The summed E-state index contributed by atoms with van der Waals surface area (Å²) in [6.07, 6.45) is 0. The highest BCUT2D eigenvalue weighted by Gasteiger charge is 2.25. The number of nitrogens with zero attached hydrogens (tertiary/aromatic N) is 2. The molecule has 0 radical (unpaired) electrons. The van der Waals surface area contributed by atoms with Crippen LogP contribution in [0.2, 0.25) is 0 Å². The summed E-state index contributed by atoms with van der Waals surface area (Å²) in [5.74, 6) is -1.28. The number of aromatic nitrogens is 2. The van der Waals surface area contributed by atoms with Crippen molar-refractivity contribution in [2.24, 2.45) is 0 Å². The molecule has 8 heteroatoms. The van der Waals surface area contributed by atoms with E-state index in [0.29, 0.717) is 20.3 Å². The molecule has 4 rings (SSSR count). The molecule has 0 amide bonds. The minimum Gasteiger partial charge on any atom is -0.805 e. The maximum atomic E-state index is 13.1. The summed E-state index contributed by atoms with van der Waals surface area (Å²) in [7, 11) is 0. The SMILES string of the molecule is Cc1cccc(C(=O)OCc2c(COC(=O)c3cccc(C)c3)[n+](=O)c3ccccc3n2[O-])c1. The van der Waals surface area contributed by atoms with E-state index in [4.69, 9.17) is 9.47 Å². The number of hydrogen-bond acceptors (Lipinski definition) is 6.